The number of hydrogen-bond donors (Lipinski definition) is 0. The van der Waals surface area contributed by atoms with Crippen molar-refractivity contribution in [2.75, 3.05) is 0 Å². The highest BCUT2D eigenvalue weighted by atomic mass is 15.0. The topological polar surface area (TPSA) is 4.93 Å². The van der Waals surface area contributed by atoms with E-state index in [1.165, 1.54) is 33.3 Å². The summed E-state index contributed by atoms with van der Waals surface area (Å²) in [7, 11) is 2.20. The molecule has 0 saturated carbocycles. The highest BCUT2D eigenvalue weighted by Crippen LogP contribution is 2.48. The molecule has 5 rings (SSSR count). The van der Waals surface area contributed by atoms with Gasteiger partial charge in [-0.3, -0.25) is 0 Å². The van der Waals surface area contributed by atoms with Crippen LogP contribution >= 0.6 is 0 Å². The Labute approximate surface area is 154 Å². The molecule has 1 heterocycles. The maximum Gasteiger partial charge on any atom is 0.0656 e. The second kappa shape index (κ2) is 5.74. The zero-order chi connectivity index (χ0) is 17.6. The molecule has 0 amide bonds. The van der Waals surface area contributed by atoms with Crippen LogP contribution in [-0.4, -0.2) is 4.57 Å². The van der Waals surface area contributed by atoms with Crippen molar-refractivity contribution < 1.29 is 0 Å². The molecule has 4 aromatic rings. The summed E-state index contributed by atoms with van der Waals surface area (Å²) < 4.78 is 2.37. The lowest BCUT2D eigenvalue weighted by molar-refractivity contribution is 0.730. The maximum absolute atomic E-state index is 2.41. The van der Waals surface area contributed by atoms with Crippen LogP contribution in [0.2, 0.25) is 0 Å². The van der Waals surface area contributed by atoms with Gasteiger partial charge in [0, 0.05) is 35.6 Å². The van der Waals surface area contributed by atoms with Gasteiger partial charge in [-0.1, -0.05) is 91.0 Å². The van der Waals surface area contributed by atoms with Crippen LogP contribution in [0.3, 0.4) is 0 Å². The third-order valence-electron chi connectivity index (χ3n) is 5.76. The predicted molar refractivity (Wildman–Crippen MR) is 109 cm³/mol. The molecule has 0 spiro atoms. The van der Waals surface area contributed by atoms with Crippen molar-refractivity contribution >= 4 is 10.9 Å². The minimum absolute atomic E-state index is 0.253. The quantitative estimate of drug-likeness (QED) is 0.419. The van der Waals surface area contributed by atoms with E-state index in [2.05, 4.69) is 109 Å². The smallest absolute Gasteiger partial charge is 0.0656 e. The highest BCUT2D eigenvalue weighted by Gasteiger charge is 2.40. The molecule has 126 valence electrons. The number of nitrogens with zero attached hydrogens (tertiary/aromatic N) is 1. The van der Waals surface area contributed by atoms with Crippen LogP contribution < -0.4 is 0 Å². The van der Waals surface area contributed by atoms with E-state index in [1.54, 1.807) is 0 Å². The van der Waals surface area contributed by atoms with Crippen LogP contribution in [0.4, 0.5) is 0 Å². The molecule has 0 atom stereocenters. The fourth-order valence-electron chi connectivity index (χ4n) is 4.61. The Hall–Kier alpha value is -3.06. The fraction of sp³-hybridized carbons (Fsp3) is 0.120. The van der Waals surface area contributed by atoms with Crippen LogP contribution in [-0.2, 0) is 18.9 Å². The second-order valence-corrected chi connectivity index (χ2v) is 7.04. The van der Waals surface area contributed by atoms with E-state index in [-0.39, 0.29) is 5.41 Å². The summed E-state index contributed by atoms with van der Waals surface area (Å²) in [6.45, 7) is 0. The predicted octanol–water partition coefficient (Wildman–Crippen LogP) is 5.63. The number of rotatable bonds is 2. The molecule has 1 aliphatic carbocycles. The number of benzene rings is 3. The van der Waals surface area contributed by atoms with Crippen molar-refractivity contribution in [2.24, 2.45) is 7.05 Å². The van der Waals surface area contributed by atoms with Crippen molar-refractivity contribution in [3.63, 3.8) is 0 Å². The number of fused-ring (bicyclic) bond motifs is 3. The lowest BCUT2D eigenvalue weighted by atomic mass is 9.66. The molecule has 1 aromatic heterocycles. The van der Waals surface area contributed by atoms with Gasteiger partial charge in [-0.05, 0) is 17.2 Å². The second-order valence-electron chi connectivity index (χ2n) is 7.04. The van der Waals surface area contributed by atoms with Gasteiger partial charge < -0.3 is 4.57 Å². The van der Waals surface area contributed by atoms with Crippen LogP contribution in [0, 0.1) is 0 Å². The fourth-order valence-corrected chi connectivity index (χ4v) is 4.61. The highest BCUT2D eigenvalue weighted by molar-refractivity contribution is 5.89. The average molecular weight is 335 g/mol. The third-order valence-corrected chi connectivity index (χ3v) is 5.76. The van der Waals surface area contributed by atoms with E-state index >= 15 is 0 Å². The summed E-state index contributed by atoms with van der Waals surface area (Å²) >= 11 is 0. The summed E-state index contributed by atoms with van der Waals surface area (Å²) in [6.07, 6.45) is 5.72. The SMILES string of the molecule is Cn1c2c(c3ccccc31)C(c1ccccc1)(c1ccccc1)C=CC2. The van der Waals surface area contributed by atoms with Gasteiger partial charge in [0.15, 0.2) is 0 Å². The monoisotopic (exact) mass is 335 g/mol. The molecule has 1 nitrogen and oxygen atoms in total. The molecule has 1 heteroatoms. The summed E-state index contributed by atoms with van der Waals surface area (Å²) in [5, 5.41) is 1.35. The number of para-hydroxylation sites is 1. The van der Waals surface area contributed by atoms with E-state index in [0.29, 0.717) is 0 Å². The molecule has 0 N–H and O–H groups in total. The van der Waals surface area contributed by atoms with Crippen molar-refractivity contribution in [2.45, 2.75) is 11.8 Å². The van der Waals surface area contributed by atoms with Crippen molar-refractivity contribution in [3.8, 4) is 0 Å². The molecule has 0 bridgehead atoms. The Bertz CT molecular complexity index is 1060. The Morgan fingerprint density at radius 2 is 1.31 bits per heavy atom. The van der Waals surface area contributed by atoms with Gasteiger partial charge in [0.05, 0.1) is 5.41 Å². The molecule has 0 aliphatic heterocycles. The number of aryl methyl sites for hydroxylation is 1. The van der Waals surface area contributed by atoms with Gasteiger partial charge in [-0.15, -0.1) is 0 Å². The van der Waals surface area contributed by atoms with E-state index in [0.717, 1.165) is 6.42 Å². The van der Waals surface area contributed by atoms with Gasteiger partial charge in [-0.25, -0.2) is 0 Å². The largest absolute Gasteiger partial charge is 0.347 e. The summed E-state index contributed by atoms with van der Waals surface area (Å²) in [5.74, 6) is 0. The molecule has 0 saturated heterocycles. The van der Waals surface area contributed by atoms with E-state index in [4.69, 9.17) is 0 Å². The molecular formula is C25H21N. The van der Waals surface area contributed by atoms with E-state index in [1.807, 2.05) is 0 Å². The lowest BCUT2D eigenvalue weighted by Crippen LogP contribution is -2.30. The van der Waals surface area contributed by atoms with Gasteiger partial charge in [-0.2, -0.15) is 0 Å². The van der Waals surface area contributed by atoms with Crippen molar-refractivity contribution in [1.82, 2.24) is 4.57 Å². The average Bonchev–Trinajstić information content (AvgIpc) is 3.02. The molecule has 3 aromatic carbocycles. The van der Waals surface area contributed by atoms with Crippen molar-refractivity contribution in [3.05, 3.63) is 119 Å². The molecule has 0 unspecified atom stereocenters. The number of aromatic nitrogens is 1. The molecule has 0 fully saturated rings. The Morgan fingerprint density at radius 1 is 0.731 bits per heavy atom. The first-order chi connectivity index (χ1) is 12.8. The third kappa shape index (κ3) is 1.97. The summed E-state index contributed by atoms with van der Waals surface area (Å²) in [4.78, 5) is 0. The lowest BCUT2D eigenvalue weighted by Gasteiger charge is -2.36. The van der Waals surface area contributed by atoms with Gasteiger partial charge >= 0.3 is 0 Å². The Morgan fingerprint density at radius 3 is 1.96 bits per heavy atom. The van der Waals surface area contributed by atoms with Gasteiger partial charge in [0.1, 0.15) is 0 Å². The van der Waals surface area contributed by atoms with Crippen LogP contribution in [0.25, 0.3) is 10.9 Å². The number of hydrogen-bond acceptors (Lipinski definition) is 0. The van der Waals surface area contributed by atoms with Crippen LogP contribution in [0.5, 0.6) is 0 Å². The molecule has 0 radical (unpaired) electrons. The molecule has 26 heavy (non-hydrogen) atoms. The minimum Gasteiger partial charge on any atom is -0.347 e. The first-order valence-corrected chi connectivity index (χ1v) is 9.18. The normalized spacial score (nSPS) is 15.1. The van der Waals surface area contributed by atoms with Crippen molar-refractivity contribution in [1.29, 1.82) is 0 Å². The summed E-state index contributed by atoms with van der Waals surface area (Å²) in [5.41, 5.74) is 6.52. The number of allylic oxidation sites excluding steroid dienone is 2. The Balaban J connectivity index is 1.96. The minimum atomic E-state index is -0.253. The van der Waals surface area contributed by atoms with Gasteiger partial charge in [0.25, 0.3) is 0 Å². The zero-order valence-electron chi connectivity index (χ0n) is 14.9. The summed E-state index contributed by atoms with van der Waals surface area (Å²) in [6, 6.07) is 30.6. The van der Waals surface area contributed by atoms with E-state index in [9.17, 15) is 0 Å². The van der Waals surface area contributed by atoms with Crippen LogP contribution in [0.1, 0.15) is 22.4 Å². The first kappa shape index (κ1) is 15.2. The first-order valence-electron chi connectivity index (χ1n) is 9.18. The Kier molecular flexibility index (Phi) is 3.36. The van der Waals surface area contributed by atoms with Crippen LogP contribution in [0.15, 0.2) is 97.1 Å². The maximum atomic E-state index is 2.41. The van der Waals surface area contributed by atoms with E-state index < -0.39 is 0 Å². The molecular weight excluding hydrogens is 314 g/mol. The standard InChI is InChI=1S/C25H21N/c1-26-22-16-9-8-15-21(22)24-23(26)17-10-18-25(24,19-11-4-2-5-12-19)20-13-6-3-7-14-20/h2-16,18H,17H2,1H3. The van der Waals surface area contributed by atoms with Gasteiger partial charge in [0.2, 0.25) is 0 Å². The zero-order valence-corrected chi connectivity index (χ0v) is 14.9. The molecule has 1 aliphatic rings.